The number of ether oxygens (including phenoxy) is 1. The Bertz CT molecular complexity index is 783. The van der Waals surface area contributed by atoms with E-state index in [2.05, 4.69) is 10.1 Å². The van der Waals surface area contributed by atoms with Gasteiger partial charge in [-0.3, -0.25) is 4.68 Å². The third kappa shape index (κ3) is 5.88. The van der Waals surface area contributed by atoms with Crippen LogP contribution >= 0.6 is 12.4 Å². The van der Waals surface area contributed by atoms with Gasteiger partial charge < -0.3 is 10.5 Å². The summed E-state index contributed by atoms with van der Waals surface area (Å²) in [6.07, 6.45) is 1.39. The second-order valence-corrected chi connectivity index (χ2v) is 6.71. The largest absolute Gasteiger partial charge is 0.486 e. The van der Waals surface area contributed by atoms with Crippen LogP contribution in [0.15, 0.2) is 35.5 Å². The van der Waals surface area contributed by atoms with Gasteiger partial charge in [0.05, 0.1) is 18.0 Å². The van der Waals surface area contributed by atoms with Crippen LogP contribution in [0.25, 0.3) is 0 Å². The highest BCUT2D eigenvalue weighted by Gasteiger charge is 2.29. The molecule has 1 aromatic carbocycles. The second-order valence-electron chi connectivity index (χ2n) is 4.94. The number of hydrogen-bond acceptors (Lipinski definition) is 6. The summed E-state index contributed by atoms with van der Waals surface area (Å²) in [5, 5.41) is 3.89. The zero-order chi connectivity index (χ0) is 17.8. The number of nitrogens with two attached hydrogens (primary N) is 1. The van der Waals surface area contributed by atoms with Crippen LogP contribution < -0.4 is 15.2 Å². The molecule has 0 fully saturated rings. The number of aryl methyl sites for hydroxylation is 1. The minimum atomic E-state index is -4.05. The lowest BCUT2D eigenvalue weighted by molar-refractivity contribution is 0.0170. The van der Waals surface area contributed by atoms with E-state index in [1.165, 1.54) is 30.6 Å². The van der Waals surface area contributed by atoms with E-state index in [1.807, 2.05) is 4.72 Å². The number of sulfonamides is 1. The van der Waals surface area contributed by atoms with Gasteiger partial charge in [-0.05, 0) is 24.3 Å². The van der Waals surface area contributed by atoms with Gasteiger partial charge in [0, 0.05) is 7.05 Å². The van der Waals surface area contributed by atoms with E-state index in [1.54, 1.807) is 11.7 Å². The van der Waals surface area contributed by atoms with Gasteiger partial charge in [-0.25, -0.2) is 26.9 Å². The van der Waals surface area contributed by atoms with Crippen molar-refractivity contribution in [3.05, 3.63) is 36.4 Å². The van der Waals surface area contributed by atoms with Gasteiger partial charge in [0.15, 0.2) is 5.82 Å². The predicted octanol–water partition coefficient (Wildman–Crippen LogP) is 0.688. The summed E-state index contributed by atoms with van der Waals surface area (Å²) < 4.78 is 58.8. The lowest BCUT2D eigenvalue weighted by atomic mass is 10.3. The Morgan fingerprint density at radius 1 is 1.32 bits per heavy atom. The van der Waals surface area contributed by atoms with Gasteiger partial charge in [-0.1, -0.05) is 0 Å². The summed E-state index contributed by atoms with van der Waals surface area (Å²) in [4.78, 5) is 3.83. The van der Waals surface area contributed by atoms with Crippen LogP contribution in [0.1, 0.15) is 5.82 Å². The van der Waals surface area contributed by atoms with Crippen molar-refractivity contribution in [2.24, 2.45) is 12.8 Å². The molecule has 0 spiro atoms. The van der Waals surface area contributed by atoms with Gasteiger partial charge in [-0.2, -0.15) is 5.10 Å². The minimum absolute atomic E-state index is 0. The normalized spacial score (nSPS) is 11.8. The highest BCUT2D eigenvalue weighted by atomic mass is 35.5. The summed E-state index contributed by atoms with van der Waals surface area (Å²) >= 11 is 0. The standard InChI is InChI=1S/C13H17F2N5O3S.ClH/c1-20-12(17-9-18-20)6-23-10-2-4-11(5-3-10)24(21,22)19-8-13(14,15)7-16;/h2-5,9,19H,6-8,16H2,1H3;1H. The molecule has 0 amide bonds. The first-order chi connectivity index (χ1) is 11.2. The fourth-order valence-electron chi connectivity index (χ4n) is 1.67. The van der Waals surface area contributed by atoms with Gasteiger partial charge in [-0.15, -0.1) is 12.4 Å². The van der Waals surface area contributed by atoms with E-state index in [0.29, 0.717) is 11.6 Å². The summed E-state index contributed by atoms with van der Waals surface area (Å²) in [5.41, 5.74) is 4.87. The molecule has 0 saturated carbocycles. The summed E-state index contributed by atoms with van der Waals surface area (Å²) in [6.45, 7) is -1.84. The van der Waals surface area contributed by atoms with E-state index in [4.69, 9.17) is 10.5 Å². The molecule has 0 saturated heterocycles. The smallest absolute Gasteiger partial charge is 0.273 e. The van der Waals surface area contributed by atoms with Crippen molar-refractivity contribution < 1.29 is 21.9 Å². The molecule has 1 heterocycles. The number of nitrogens with one attached hydrogen (secondary N) is 1. The maximum Gasteiger partial charge on any atom is 0.273 e. The van der Waals surface area contributed by atoms with Crippen molar-refractivity contribution in [3.8, 4) is 5.75 Å². The first-order valence-electron chi connectivity index (χ1n) is 6.87. The molecular formula is C13H18ClF2N5O3S. The van der Waals surface area contributed by atoms with Crippen molar-refractivity contribution >= 4 is 22.4 Å². The van der Waals surface area contributed by atoms with Crippen LogP contribution in [0.3, 0.4) is 0 Å². The fourth-order valence-corrected chi connectivity index (χ4v) is 2.73. The van der Waals surface area contributed by atoms with E-state index in [-0.39, 0.29) is 23.9 Å². The quantitative estimate of drug-likeness (QED) is 0.677. The molecule has 0 aliphatic carbocycles. The number of rotatable bonds is 8. The number of halogens is 3. The Morgan fingerprint density at radius 3 is 2.48 bits per heavy atom. The van der Waals surface area contributed by atoms with Crippen molar-refractivity contribution in [3.63, 3.8) is 0 Å². The van der Waals surface area contributed by atoms with Crippen molar-refractivity contribution in [2.75, 3.05) is 13.1 Å². The van der Waals surface area contributed by atoms with E-state index in [0.717, 1.165) is 0 Å². The summed E-state index contributed by atoms with van der Waals surface area (Å²) in [7, 11) is -2.34. The second kappa shape index (κ2) is 8.52. The molecule has 0 bridgehead atoms. The van der Waals surface area contributed by atoms with Crippen molar-refractivity contribution in [1.29, 1.82) is 0 Å². The number of aromatic nitrogens is 3. The molecule has 8 nitrogen and oxygen atoms in total. The van der Waals surface area contributed by atoms with Crippen LogP contribution in [-0.2, 0) is 23.7 Å². The van der Waals surface area contributed by atoms with E-state index in [9.17, 15) is 17.2 Å². The number of benzene rings is 1. The summed E-state index contributed by atoms with van der Waals surface area (Å²) in [5.74, 6) is -2.30. The highest BCUT2D eigenvalue weighted by Crippen LogP contribution is 2.18. The van der Waals surface area contributed by atoms with E-state index < -0.39 is 29.0 Å². The maximum atomic E-state index is 13.0. The van der Waals surface area contributed by atoms with Gasteiger partial charge in [0.2, 0.25) is 10.0 Å². The molecule has 0 aliphatic heterocycles. The van der Waals surface area contributed by atoms with Gasteiger partial charge >= 0.3 is 0 Å². The number of nitrogens with zero attached hydrogens (tertiary/aromatic N) is 3. The Hall–Kier alpha value is -1.82. The molecule has 140 valence electrons. The average Bonchev–Trinajstić information content (AvgIpc) is 2.97. The molecular weight excluding hydrogens is 380 g/mol. The molecule has 2 aromatic rings. The molecule has 12 heteroatoms. The van der Waals surface area contributed by atoms with Crippen molar-refractivity contribution in [1.82, 2.24) is 19.5 Å². The third-order valence-electron chi connectivity index (χ3n) is 3.13. The average molecular weight is 398 g/mol. The molecule has 0 aliphatic rings. The topological polar surface area (TPSA) is 112 Å². The van der Waals surface area contributed by atoms with Crippen LogP contribution in [0.5, 0.6) is 5.75 Å². The Morgan fingerprint density at radius 2 is 1.96 bits per heavy atom. The fraction of sp³-hybridized carbons (Fsp3) is 0.385. The Balaban J connectivity index is 0.00000312. The lowest BCUT2D eigenvalue weighted by Crippen LogP contribution is -2.41. The number of alkyl halides is 2. The van der Waals surface area contributed by atoms with Crippen molar-refractivity contribution in [2.45, 2.75) is 17.4 Å². The maximum absolute atomic E-state index is 13.0. The lowest BCUT2D eigenvalue weighted by Gasteiger charge is -2.15. The minimum Gasteiger partial charge on any atom is -0.486 e. The molecule has 0 atom stereocenters. The zero-order valence-corrected chi connectivity index (χ0v) is 14.9. The SMILES string of the molecule is Cl.Cn1ncnc1COc1ccc(S(=O)(=O)NCC(F)(F)CN)cc1. The van der Waals surface area contributed by atoms with Gasteiger partial charge in [0.25, 0.3) is 5.92 Å². The van der Waals surface area contributed by atoms with E-state index >= 15 is 0 Å². The number of hydrogen-bond donors (Lipinski definition) is 2. The Labute approximate surface area is 149 Å². The molecule has 2 rings (SSSR count). The molecule has 3 N–H and O–H groups in total. The first kappa shape index (κ1) is 21.2. The van der Waals surface area contributed by atoms with Crippen LogP contribution in [0, 0.1) is 0 Å². The molecule has 0 unspecified atom stereocenters. The van der Waals surface area contributed by atoms with Crippen LogP contribution in [0.2, 0.25) is 0 Å². The van der Waals surface area contributed by atoms with Crippen LogP contribution in [-0.4, -0.2) is 42.2 Å². The summed E-state index contributed by atoms with van der Waals surface area (Å²) in [6, 6.07) is 5.36. The van der Waals surface area contributed by atoms with Gasteiger partial charge in [0.1, 0.15) is 18.7 Å². The molecule has 25 heavy (non-hydrogen) atoms. The molecule has 0 radical (unpaired) electrons. The van der Waals surface area contributed by atoms with Crippen LogP contribution in [0.4, 0.5) is 8.78 Å². The monoisotopic (exact) mass is 397 g/mol. The zero-order valence-electron chi connectivity index (χ0n) is 13.2. The highest BCUT2D eigenvalue weighted by molar-refractivity contribution is 7.89. The third-order valence-corrected chi connectivity index (χ3v) is 4.54. The Kier molecular flexibility index (Phi) is 7.23. The first-order valence-corrected chi connectivity index (χ1v) is 8.35. The predicted molar refractivity (Wildman–Crippen MR) is 88.2 cm³/mol. The molecule has 1 aromatic heterocycles.